The Labute approximate surface area is 97.8 Å². The molecule has 1 unspecified atom stereocenters. The van der Waals surface area contributed by atoms with Crippen molar-refractivity contribution in [3.05, 3.63) is 34.9 Å². The van der Waals surface area contributed by atoms with Crippen molar-refractivity contribution in [2.45, 2.75) is 39.1 Å². The normalized spacial score (nSPS) is 12.8. The van der Waals surface area contributed by atoms with Gasteiger partial charge < -0.3 is 5.32 Å². The first-order valence-electron chi connectivity index (χ1n) is 5.54. The fraction of sp³-hybridized carbons (Fsp3) is 0.538. The number of hydrogen-bond acceptors (Lipinski definition) is 1. The van der Waals surface area contributed by atoms with E-state index in [0.717, 1.165) is 19.5 Å². The van der Waals surface area contributed by atoms with E-state index in [1.807, 2.05) is 0 Å². The summed E-state index contributed by atoms with van der Waals surface area (Å²) in [6.45, 7) is 8.18. The molecule has 0 aliphatic rings. The average molecular weight is 226 g/mol. The summed E-state index contributed by atoms with van der Waals surface area (Å²) in [5, 5.41) is 3.61. The maximum Gasteiger partial charge on any atom is 0.0458 e. The van der Waals surface area contributed by atoms with Crippen LogP contribution in [0.25, 0.3) is 0 Å². The third-order valence-corrected chi connectivity index (χ3v) is 3.17. The van der Waals surface area contributed by atoms with Crippen LogP contribution >= 0.6 is 11.6 Å². The number of rotatable bonds is 5. The zero-order valence-electron chi connectivity index (χ0n) is 9.81. The molecule has 0 saturated heterocycles. The van der Waals surface area contributed by atoms with E-state index in [1.165, 1.54) is 16.7 Å². The molecule has 0 radical (unpaired) electrons. The first kappa shape index (κ1) is 12.5. The summed E-state index contributed by atoms with van der Waals surface area (Å²) < 4.78 is 0. The van der Waals surface area contributed by atoms with E-state index in [4.69, 9.17) is 11.6 Å². The molecule has 0 spiro atoms. The highest BCUT2D eigenvalue weighted by molar-refractivity contribution is 6.20. The monoisotopic (exact) mass is 225 g/mol. The van der Waals surface area contributed by atoms with Gasteiger partial charge >= 0.3 is 0 Å². The van der Waals surface area contributed by atoms with Crippen LogP contribution < -0.4 is 5.32 Å². The van der Waals surface area contributed by atoms with E-state index in [1.54, 1.807) is 0 Å². The summed E-state index contributed by atoms with van der Waals surface area (Å²) >= 11 is 6.03. The second kappa shape index (κ2) is 6.14. The number of benzene rings is 1. The van der Waals surface area contributed by atoms with Crippen LogP contribution in [0, 0.1) is 13.8 Å². The highest BCUT2D eigenvalue weighted by Crippen LogP contribution is 2.09. The number of halogens is 1. The van der Waals surface area contributed by atoms with Crippen molar-refractivity contribution in [1.29, 1.82) is 0 Å². The Balaban J connectivity index is 2.41. The number of alkyl halides is 1. The van der Waals surface area contributed by atoms with Crippen molar-refractivity contribution in [2.75, 3.05) is 6.54 Å². The average Bonchev–Trinajstić information content (AvgIpc) is 2.23. The van der Waals surface area contributed by atoms with Gasteiger partial charge in [-0.25, -0.2) is 0 Å². The lowest BCUT2D eigenvalue weighted by Gasteiger charge is -2.09. The predicted octanol–water partition coefficient (Wildman–Crippen LogP) is 3.41. The third kappa shape index (κ3) is 4.23. The van der Waals surface area contributed by atoms with Crippen molar-refractivity contribution >= 4 is 11.6 Å². The molecule has 0 heterocycles. The van der Waals surface area contributed by atoms with E-state index in [-0.39, 0.29) is 5.38 Å². The molecule has 1 N–H and O–H groups in total. The Morgan fingerprint density at radius 1 is 1.27 bits per heavy atom. The standard InChI is InChI=1S/C13H20ClN/c1-4-13(14)9-15-8-12-6-5-10(2)11(3)7-12/h5-7,13,15H,4,8-9H2,1-3H3. The van der Waals surface area contributed by atoms with E-state index in [2.05, 4.69) is 44.3 Å². The second-order valence-corrected chi connectivity index (χ2v) is 4.67. The smallest absolute Gasteiger partial charge is 0.0458 e. The zero-order chi connectivity index (χ0) is 11.3. The van der Waals surface area contributed by atoms with Crippen molar-refractivity contribution in [2.24, 2.45) is 0 Å². The largest absolute Gasteiger partial charge is 0.311 e. The predicted molar refractivity (Wildman–Crippen MR) is 67.6 cm³/mol. The molecule has 0 bridgehead atoms. The van der Waals surface area contributed by atoms with E-state index >= 15 is 0 Å². The van der Waals surface area contributed by atoms with Crippen LogP contribution in [-0.4, -0.2) is 11.9 Å². The minimum Gasteiger partial charge on any atom is -0.311 e. The van der Waals surface area contributed by atoms with Gasteiger partial charge in [-0.1, -0.05) is 25.1 Å². The maximum absolute atomic E-state index is 6.03. The van der Waals surface area contributed by atoms with Gasteiger partial charge in [0.1, 0.15) is 0 Å². The van der Waals surface area contributed by atoms with Crippen LogP contribution in [0.5, 0.6) is 0 Å². The molecule has 84 valence electrons. The van der Waals surface area contributed by atoms with Gasteiger partial charge in [0.15, 0.2) is 0 Å². The minimum atomic E-state index is 0.247. The Hall–Kier alpha value is -0.530. The molecule has 0 saturated carbocycles. The Bertz CT molecular complexity index is 309. The highest BCUT2D eigenvalue weighted by atomic mass is 35.5. The molecule has 0 amide bonds. The molecule has 0 fully saturated rings. The quantitative estimate of drug-likeness (QED) is 0.758. The molecule has 1 atom stereocenters. The van der Waals surface area contributed by atoms with Crippen molar-refractivity contribution in [3.63, 3.8) is 0 Å². The lowest BCUT2D eigenvalue weighted by Crippen LogP contribution is -2.22. The van der Waals surface area contributed by atoms with Gasteiger partial charge in [0.2, 0.25) is 0 Å². The first-order chi connectivity index (χ1) is 7.13. The third-order valence-electron chi connectivity index (χ3n) is 2.71. The Morgan fingerprint density at radius 3 is 2.60 bits per heavy atom. The lowest BCUT2D eigenvalue weighted by molar-refractivity contribution is 0.647. The minimum absolute atomic E-state index is 0.247. The first-order valence-corrected chi connectivity index (χ1v) is 5.98. The number of aryl methyl sites for hydroxylation is 2. The number of hydrogen-bond donors (Lipinski definition) is 1. The second-order valence-electron chi connectivity index (χ2n) is 4.06. The van der Waals surface area contributed by atoms with Gasteiger partial charge in [-0.2, -0.15) is 0 Å². The number of nitrogens with one attached hydrogen (secondary N) is 1. The zero-order valence-corrected chi connectivity index (χ0v) is 10.6. The van der Waals surface area contributed by atoms with Gasteiger partial charge in [-0.15, -0.1) is 11.6 Å². The van der Waals surface area contributed by atoms with Crippen LogP contribution in [-0.2, 0) is 6.54 Å². The van der Waals surface area contributed by atoms with Gasteiger partial charge in [0.25, 0.3) is 0 Å². The van der Waals surface area contributed by atoms with Crippen LogP contribution in [0.2, 0.25) is 0 Å². The molecular weight excluding hydrogens is 206 g/mol. The van der Waals surface area contributed by atoms with Crippen LogP contribution in [0.3, 0.4) is 0 Å². The van der Waals surface area contributed by atoms with Crippen LogP contribution in [0.4, 0.5) is 0 Å². The highest BCUT2D eigenvalue weighted by Gasteiger charge is 2.00. The molecule has 1 nitrogen and oxygen atoms in total. The van der Waals surface area contributed by atoms with Gasteiger partial charge in [0.05, 0.1) is 0 Å². The van der Waals surface area contributed by atoms with E-state index in [9.17, 15) is 0 Å². The topological polar surface area (TPSA) is 12.0 Å². The van der Waals surface area contributed by atoms with Crippen molar-refractivity contribution < 1.29 is 0 Å². The maximum atomic E-state index is 6.03. The van der Waals surface area contributed by atoms with Crippen molar-refractivity contribution in [1.82, 2.24) is 5.32 Å². The fourth-order valence-corrected chi connectivity index (χ4v) is 1.54. The molecule has 0 aliphatic carbocycles. The Kier molecular flexibility index (Phi) is 5.13. The lowest BCUT2D eigenvalue weighted by atomic mass is 10.1. The molecule has 1 aromatic carbocycles. The molecular formula is C13H20ClN. The molecule has 1 rings (SSSR count). The Morgan fingerprint density at radius 2 is 2.00 bits per heavy atom. The van der Waals surface area contributed by atoms with Gasteiger partial charge in [-0.3, -0.25) is 0 Å². The summed E-state index contributed by atoms with van der Waals surface area (Å²) in [5.74, 6) is 0. The molecule has 1 aromatic rings. The molecule has 15 heavy (non-hydrogen) atoms. The van der Waals surface area contributed by atoms with E-state index < -0.39 is 0 Å². The SMILES string of the molecule is CCC(Cl)CNCc1ccc(C)c(C)c1. The van der Waals surface area contributed by atoms with Crippen LogP contribution in [0.15, 0.2) is 18.2 Å². The van der Waals surface area contributed by atoms with Gasteiger partial charge in [0, 0.05) is 18.5 Å². The molecule has 0 aliphatic heterocycles. The van der Waals surface area contributed by atoms with E-state index in [0.29, 0.717) is 0 Å². The summed E-state index contributed by atoms with van der Waals surface area (Å²) in [5.41, 5.74) is 4.04. The summed E-state index contributed by atoms with van der Waals surface area (Å²) in [6, 6.07) is 6.58. The molecule has 0 aromatic heterocycles. The summed E-state index contributed by atoms with van der Waals surface area (Å²) in [4.78, 5) is 0. The summed E-state index contributed by atoms with van der Waals surface area (Å²) in [7, 11) is 0. The fourth-order valence-electron chi connectivity index (χ4n) is 1.43. The van der Waals surface area contributed by atoms with Crippen molar-refractivity contribution in [3.8, 4) is 0 Å². The van der Waals surface area contributed by atoms with Gasteiger partial charge in [-0.05, 0) is 37.0 Å². The van der Waals surface area contributed by atoms with Crippen LogP contribution in [0.1, 0.15) is 30.0 Å². The molecule has 2 heteroatoms. The summed E-state index contributed by atoms with van der Waals surface area (Å²) in [6.07, 6.45) is 1.02.